The molecule has 0 N–H and O–H groups in total. The van der Waals surface area contributed by atoms with Crippen LogP contribution in [0, 0.1) is 92.7 Å². The van der Waals surface area contributed by atoms with Crippen molar-refractivity contribution >= 4 is 35.8 Å². The molecule has 74 heavy (non-hydrogen) atoms. The van der Waals surface area contributed by atoms with Crippen LogP contribution in [0.5, 0.6) is 0 Å². The van der Waals surface area contributed by atoms with Crippen LogP contribution < -0.4 is 0 Å². The molecule has 9 fully saturated rings. The van der Waals surface area contributed by atoms with E-state index in [0.717, 1.165) is 38.5 Å². The largest absolute Gasteiger partial charge is 0.469 e. The van der Waals surface area contributed by atoms with Gasteiger partial charge < -0.3 is 28.4 Å². The zero-order chi connectivity index (χ0) is 53.5. The van der Waals surface area contributed by atoms with Crippen molar-refractivity contribution in [3.05, 3.63) is 0 Å². The molecule has 8 saturated carbocycles. The molecule has 1 saturated heterocycles. The SMILES string of the molecule is COC(=O)CC[C@@H](C)[C@H]1CC[C@H]2[C@@H]3[C@H](OC(C)=O)C[C@@H]4CC5(CC[C@]4(C)[C@H]3C[C@H](OC(C)=O)[C@]12C)OOC1(CC[C@@]2(C)[C@H](C[C@@H](OC(C)=O)[C@@H]3[C@@H]2C[C@H](OC(C)=O)[C@]2(C)[C@@H]([C@H](C)CCC(=O)OC)CC[C@@H]32)C1)OO5. The predicted molar refractivity (Wildman–Crippen MR) is 265 cm³/mol. The topological polar surface area (TPSA) is 195 Å². The van der Waals surface area contributed by atoms with Crippen LogP contribution in [0.3, 0.4) is 0 Å². The highest BCUT2D eigenvalue weighted by atomic mass is 17.4. The number of methoxy groups -OCH3 is 2. The van der Waals surface area contributed by atoms with E-state index in [0.29, 0.717) is 77.0 Å². The number of esters is 6. The minimum atomic E-state index is -1.20. The van der Waals surface area contributed by atoms with Crippen LogP contribution in [0.1, 0.15) is 185 Å². The van der Waals surface area contributed by atoms with Crippen molar-refractivity contribution in [2.24, 2.45) is 92.7 Å². The minimum Gasteiger partial charge on any atom is -0.469 e. The van der Waals surface area contributed by atoms with Gasteiger partial charge in [-0.2, -0.15) is 19.6 Å². The van der Waals surface area contributed by atoms with Crippen LogP contribution in [0.25, 0.3) is 0 Å². The van der Waals surface area contributed by atoms with Crippen molar-refractivity contribution < 1.29 is 76.7 Å². The molecule has 8 aliphatic carbocycles. The predicted octanol–water partition coefficient (Wildman–Crippen LogP) is 9.95. The molecule has 2 spiro atoms. The summed E-state index contributed by atoms with van der Waals surface area (Å²) in [5, 5.41) is 0. The maximum absolute atomic E-state index is 13.0. The van der Waals surface area contributed by atoms with Gasteiger partial charge in [0.1, 0.15) is 24.4 Å². The Morgan fingerprint density at radius 3 is 1.16 bits per heavy atom. The summed E-state index contributed by atoms with van der Waals surface area (Å²) in [6.45, 7) is 19.6. The third kappa shape index (κ3) is 9.42. The van der Waals surface area contributed by atoms with E-state index in [1.165, 1.54) is 41.9 Å². The Morgan fingerprint density at radius 2 is 0.838 bits per heavy atom. The second kappa shape index (κ2) is 20.5. The van der Waals surface area contributed by atoms with Gasteiger partial charge in [0.15, 0.2) is 0 Å². The van der Waals surface area contributed by atoms with Crippen molar-refractivity contribution in [3.8, 4) is 0 Å². The van der Waals surface area contributed by atoms with Crippen LogP contribution in [-0.4, -0.2) is 86.0 Å². The molecule has 1 heterocycles. The Labute approximate surface area is 438 Å². The van der Waals surface area contributed by atoms with Gasteiger partial charge in [0.2, 0.25) is 11.6 Å². The zero-order valence-electron chi connectivity index (χ0n) is 46.5. The second-order valence-electron chi connectivity index (χ2n) is 26.3. The van der Waals surface area contributed by atoms with E-state index in [9.17, 15) is 28.8 Å². The summed E-state index contributed by atoms with van der Waals surface area (Å²) in [5.41, 5.74) is -1.24. The number of carbonyl (C=O) groups excluding carboxylic acids is 6. The quantitative estimate of drug-likeness (QED) is 0.102. The number of hydrogen-bond acceptors (Lipinski definition) is 16. The lowest BCUT2D eigenvalue weighted by molar-refractivity contribution is -0.667. The van der Waals surface area contributed by atoms with E-state index in [4.69, 9.17) is 48.0 Å². The van der Waals surface area contributed by atoms with Crippen LogP contribution in [0.15, 0.2) is 0 Å². The van der Waals surface area contributed by atoms with Gasteiger partial charge in [0.05, 0.1) is 14.2 Å². The molecule has 0 aromatic rings. The Balaban J connectivity index is 0.929. The van der Waals surface area contributed by atoms with E-state index >= 15 is 0 Å². The highest BCUT2D eigenvalue weighted by molar-refractivity contribution is 5.69. The molecule has 0 aromatic heterocycles. The van der Waals surface area contributed by atoms with Crippen molar-refractivity contribution in [1.29, 1.82) is 0 Å². The van der Waals surface area contributed by atoms with Crippen LogP contribution in [0.2, 0.25) is 0 Å². The average Bonchev–Trinajstić information content (AvgIpc) is 3.89. The highest BCUT2D eigenvalue weighted by Gasteiger charge is 2.72. The smallest absolute Gasteiger partial charge is 0.305 e. The van der Waals surface area contributed by atoms with Crippen molar-refractivity contribution in [2.75, 3.05) is 14.2 Å². The van der Waals surface area contributed by atoms with Crippen molar-refractivity contribution in [1.82, 2.24) is 0 Å². The van der Waals surface area contributed by atoms with E-state index in [2.05, 4.69) is 41.5 Å². The summed E-state index contributed by atoms with van der Waals surface area (Å²) in [4.78, 5) is 103. The van der Waals surface area contributed by atoms with E-state index in [-0.39, 0.29) is 153 Å². The maximum Gasteiger partial charge on any atom is 0.305 e. The molecule has 9 rings (SSSR count). The normalized spacial score (nSPS) is 46.7. The number of carbonyl (C=O) groups is 6. The molecule has 9 aliphatic rings. The van der Waals surface area contributed by atoms with Gasteiger partial charge >= 0.3 is 35.8 Å². The van der Waals surface area contributed by atoms with Gasteiger partial charge in [-0.25, -0.2) is 0 Å². The zero-order valence-corrected chi connectivity index (χ0v) is 46.5. The first-order chi connectivity index (χ1) is 34.9. The summed E-state index contributed by atoms with van der Waals surface area (Å²) in [6.07, 6.45) is 10.1. The summed E-state index contributed by atoms with van der Waals surface area (Å²) in [5.74, 6) is -2.87. The molecule has 20 atom stereocenters. The summed E-state index contributed by atoms with van der Waals surface area (Å²) in [6, 6.07) is 0. The fourth-order valence-corrected chi connectivity index (χ4v) is 19.4. The maximum atomic E-state index is 13.0. The van der Waals surface area contributed by atoms with Gasteiger partial charge in [-0.1, -0.05) is 41.5 Å². The first-order valence-electron chi connectivity index (χ1n) is 28.4. The van der Waals surface area contributed by atoms with E-state index in [1.807, 2.05) is 0 Å². The fraction of sp³-hybridized carbons (Fsp3) is 0.897. The second-order valence-corrected chi connectivity index (χ2v) is 26.3. The van der Waals surface area contributed by atoms with E-state index < -0.39 is 11.6 Å². The first kappa shape index (κ1) is 55.4. The lowest BCUT2D eigenvalue weighted by Crippen LogP contribution is -2.66. The third-order valence-corrected chi connectivity index (χ3v) is 23.0. The Kier molecular flexibility index (Phi) is 15.3. The van der Waals surface area contributed by atoms with Gasteiger partial charge in [-0.3, -0.25) is 28.8 Å². The van der Waals surface area contributed by atoms with Crippen LogP contribution in [-0.2, 0) is 76.7 Å². The Bertz CT molecular complexity index is 2010. The van der Waals surface area contributed by atoms with Gasteiger partial charge in [-0.15, -0.1) is 0 Å². The Hall–Kier alpha value is -3.34. The molecule has 416 valence electrons. The number of ether oxygens (including phenoxy) is 6. The average molecular weight is 1040 g/mol. The van der Waals surface area contributed by atoms with Gasteiger partial charge in [0.25, 0.3) is 0 Å². The molecule has 0 aromatic carbocycles. The number of hydrogen-bond donors (Lipinski definition) is 0. The standard InChI is InChI=1S/C58H88O16/c1-31(13-19-49(63)65-11)39-15-17-41-51-43(27-47(55(39,41)9)69-35(5)61)53(7)21-23-57(29-37(53)25-45(51)67-33(3)59)71-73-58(74-72-57)24-22-54(8)38(30-58)26-46(68-34(4)60)52-42-18-16-40(32(2)14-20-50(64)66-12)56(42,10)48(28-44(52)54)70-36(6)62/h31-32,37-48,51-52H,13-30H2,1-12H3/t31-,32-,37-,38-,39-,40-,41+,42+,43+,44+,45-,46-,47+,48+,51+,52+,53+,54+,55-,56-,57?,58?/m1/s1. The molecule has 0 amide bonds. The molecule has 0 radical (unpaired) electrons. The highest BCUT2D eigenvalue weighted by Crippen LogP contribution is 2.73. The summed E-state index contributed by atoms with van der Waals surface area (Å²) < 4.78 is 35.5. The first-order valence-corrected chi connectivity index (χ1v) is 28.4. The molecule has 16 heteroatoms. The monoisotopic (exact) mass is 1040 g/mol. The molecule has 16 nitrogen and oxygen atoms in total. The number of rotatable bonds is 12. The molecular formula is C58H88O16. The van der Waals surface area contributed by atoms with Gasteiger partial charge in [-0.05, 0) is 147 Å². The van der Waals surface area contributed by atoms with Crippen LogP contribution >= 0.6 is 0 Å². The lowest BCUT2D eigenvalue weighted by atomic mass is 9.42. The minimum absolute atomic E-state index is 0.01000. The van der Waals surface area contributed by atoms with Crippen molar-refractivity contribution in [3.63, 3.8) is 0 Å². The molecule has 0 bridgehead atoms. The third-order valence-electron chi connectivity index (χ3n) is 23.0. The summed E-state index contributed by atoms with van der Waals surface area (Å²) in [7, 11) is 2.83. The van der Waals surface area contributed by atoms with Crippen LogP contribution in [0.4, 0.5) is 0 Å². The fourth-order valence-electron chi connectivity index (χ4n) is 19.4. The molecule has 0 unspecified atom stereocenters. The molecule has 1 aliphatic heterocycles. The molecular weight excluding hydrogens is 953 g/mol. The number of fused-ring (bicyclic) bond motifs is 10. The van der Waals surface area contributed by atoms with Crippen molar-refractivity contribution in [2.45, 2.75) is 221 Å². The van der Waals surface area contributed by atoms with Gasteiger partial charge in [0, 0.05) is 88.9 Å². The Morgan fingerprint density at radius 1 is 0.486 bits per heavy atom. The van der Waals surface area contributed by atoms with E-state index in [1.54, 1.807) is 0 Å². The lowest BCUT2D eigenvalue weighted by Gasteiger charge is -2.66. The summed E-state index contributed by atoms with van der Waals surface area (Å²) >= 11 is 0.